The van der Waals surface area contributed by atoms with Crippen molar-refractivity contribution < 1.29 is 4.79 Å². The van der Waals surface area contributed by atoms with Crippen LogP contribution < -0.4 is 5.73 Å². The fourth-order valence-electron chi connectivity index (χ4n) is 3.17. The number of pyridine rings is 1. The van der Waals surface area contributed by atoms with Crippen molar-refractivity contribution in [2.45, 2.75) is 32.9 Å². The highest BCUT2D eigenvalue weighted by Gasteiger charge is 2.25. The SMILES string of the molecule is CC(C)[C@H](N)C(=O)N1CCCN(Cc2cn3cc(Cl)ccc3n2)CC1. The highest BCUT2D eigenvalue weighted by molar-refractivity contribution is 6.30. The zero-order chi connectivity index (χ0) is 18.0. The molecule has 0 bridgehead atoms. The maximum absolute atomic E-state index is 12.5. The summed E-state index contributed by atoms with van der Waals surface area (Å²) in [5.41, 5.74) is 7.94. The molecule has 7 heteroatoms. The number of hydrogen-bond acceptors (Lipinski definition) is 4. The van der Waals surface area contributed by atoms with E-state index < -0.39 is 6.04 Å². The summed E-state index contributed by atoms with van der Waals surface area (Å²) in [4.78, 5) is 21.4. The van der Waals surface area contributed by atoms with Crippen LogP contribution in [0.15, 0.2) is 24.5 Å². The maximum Gasteiger partial charge on any atom is 0.239 e. The van der Waals surface area contributed by atoms with Crippen molar-refractivity contribution in [2.75, 3.05) is 26.2 Å². The van der Waals surface area contributed by atoms with Gasteiger partial charge < -0.3 is 15.0 Å². The Kier molecular flexibility index (Phi) is 5.61. The third kappa shape index (κ3) is 4.32. The average Bonchev–Trinajstić information content (AvgIpc) is 2.81. The van der Waals surface area contributed by atoms with Gasteiger partial charge in [-0.3, -0.25) is 9.69 Å². The molecule has 1 fully saturated rings. The van der Waals surface area contributed by atoms with E-state index in [4.69, 9.17) is 17.3 Å². The van der Waals surface area contributed by atoms with Crippen molar-refractivity contribution in [3.05, 3.63) is 35.2 Å². The van der Waals surface area contributed by atoms with E-state index in [0.29, 0.717) is 5.02 Å². The van der Waals surface area contributed by atoms with Gasteiger partial charge in [0.2, 0.25) is 5.91 Å². The summed E-state index contributed by atoms with van der Waals surface area (Å²) in [7, 11) is 0. The van der Waals surface area contributed by atoms with E-state index in [-0.39, 0.29) is 11.8 Å². The Balaban J connectivity index is 1.61. The highest BCUT2D eigenvalue weighted by atomic mass is 35.5. The Labute approximate surface area is 153 Å². The predicted molar refractivity (Wildman–Crippen MR) is 99.5 cm³/mol. The number of hydrogen-bond donors (Lipinski definition) is 1. The zero-order valence-electron chi connectivity index (χ0n) is 14.9. The van der Waals surface area contributed by atoms with Crippen molar-refractivity contribution in [2.24, 2.45) is 11.7 Å². The lowest BCUT2D eigenvalue weighted by Gasteiger charge is -2.26. The van der Waals surface area contributed by atoms with Gasteiger partial charge >= 0.3 is 0 Å². The number of imidazole rings is 1. The highest BCUT2D eigenvalue weighted by Crippen LogP contribution is 2.14. The van der Waals surface area contributed by atoms with E-state index >= 15 is 0 Å². The molecule has 0 spiro atoms. The smallest absolute Gasteiger partial charge is 0.239 e. The summed E-state index contributed by atoms with van der Waals surface area (Å²) in [6, 6.07) is 3.36. The van der Waals surface area contributed by atoms with Crippen LogP contribution in [0.3, 0.4) is 0 Å². The molecule has 0 unspecified atom stereocenters. The molecule has 136 valence electrons. The van der Waals surface area contributed by atoms with Gasteiger partial charge in [0.25, 0.3) is 0 Å². The van der Waals surface area contributed by atoms with Crippen LogP contribution in [0.4, 0.5) is 0 Å². The molecule has 2 N–H and O–H groups in total. The molecule has 1 atom stereocenters. The molecule has 0 radical (unpaired) electrons. The van der Waals surface area contributed by atoms with Crippen LogP contribution in [0.5, 0.6) is 0 Å². The molecule has 1 aliphatic rings. The molecule has 6 nitrogen and oxygen atoms in total. The first-order valence-corrected chi connectivity index (χ1v) is 9.21. The second kappa shape index (κ2) is 7.72. The number of nitrogens with zero attached hydrogens (tertiary/aromatic N) is 4. The van der Waals surface area contributed by atoms with E-state index in [1.165, 1.54) is 0 Å². The van der Waals surface area contributed by atoms with Crippen molar-refractivity contribution in [1.82, 2.24) is 19.2 Å². The number of halogens is 1. The minimum atomic E-state index is -0.408. The molecule has 1 amide bonds. The predicted octanol–water partition coefficient (Wildman–Crippen LogP) is 2.01. The number of carbonyl (C=O) groups excluding carboxylic acids is 1. The molecular formula is C18H26ClN5O. The van der Waals surface area contributed by atoms with Crippen molar-refractivity contribution in [1.29, 1.82) is 0 Å². The van der Waals surface area contributed by atoms with Gasteiger partial charge in [-0.05, 0) is 24.5 Å². The molecule has 3 rings (SSSR count). The number of amides is 1. The number of aromatic nitrogens is 2. The summed E-state index contributed by atoms with van der Waals surface area (Å²) >= 11 is 6.03. The normalized spacial score (nSPS) is 17.9. The Hall–Kier alpha value is -1.63. The van der Waals surface area contributed by atoms with Gasteiger partial charge in [-0.1, -0.05) is 25.4 Å². The standard InChI is InChI=1S/C18H26ClN5O/c1-13(2)17(20)18(25)23-7-3-6-22(8-9-23)11-15-12-24-10-14(19)4-5-16(24)21-15/h4-5,10,12-13,17H,3,6-9,11,20H2,1-2H3/t17-/m0/s1. The number of carbonyl (C=O) groups is 1. The van der Waals surface area contributed by atoms with Crippen molar-refractivity contribution in [3.63, 3.8) is 0 Å². The summed E-state index contributed by atoms with van der Waals surface area (Å²) in [5, 5.41) is 0.696. The van der Waals surface area contributed by atoms with Gasteiger partial charge in [0.15, 0.2) is 0 Å². The van der Waals surface area contributed by atoms with Gasteiger partial charge in [-0.15, -0.1) is 0 Å². The second-order valence-electron chi connectivity index (χ2n) is 7.07. The molecule has 0 saturated carbocycles. The quantitative estimate of drug-likeness (QED) is 0.902. The van der Waals surface area contributed by atoms with Crippen molar-refractivity contribution >= 4 is 23.2 Å². The minimum absolute atomic E-state index is 0.0687. The summed E-state index contributed by atoms with van der Waals surface area (Å²) in [5.74, 6) is 0.232. The third-order valence-corrected chi connectivity index (χ3v) is 4.98. The first kappa shape index (κ1) is 18.2. The van der Waals surface area contributed by atoms with E-state index in [9.17, 15) is 4.79 Å². The van der Waals surface area contributed by atoms with Crippen LogP contribution in [0.2, 0.25) is 5.02 Å². The van der Waals surface area contributed by atoms with Gasteiger partial charge in [0, 0.05) is 45.1 Å². The van der Waals surface area contributed by atoms with Crippen LogP contribution in [0, 0.1) is 5.92 Å². The summed E-state index contributed by atoms with van der Waals surface area (Å²) in [6.45, 7) is 8.04. The van der Waals surface area contributed by atoms with E-state index in [1.807, 2.05) is 47.7 Å². The molecule has 1 saturated heterocycles. The third-order valence-electron chi connectivity index (χ3n) is 4.75. The van der Waals surface area contributed by atoms with Gasteiger partial charge in [0.05, 0.1) is 16.8 Å². The second-order valence-corrected chi connectivity index (χ2v) is 7.51. The molecular weight excluding hydrogens is 338 g/mol. The molecule has 25 heavy (non-hydrogen) atoms. The van der Waals surface area contributed by atoms with Crippen LogP contribution in [-0.4, -0.2) is 57.3 Å². The largest absolute Gasteiger partial charge is 0.340 e. The molecule has 1 aliphatic heterocycles. The monoisotopic (exact) mass is 363 g/mol. The lowest BCUT2D eigenvalue weighted by Crippen LogP contribution is -2.47. The Morgan fingerprint density at radius 2 is 2.04 bits per heavy atom. The van der Waals surface area contributed by atoms with E-state index in [0.717, 1.165) is 50.5 Å². The molecule has 3 heterocycles. The lowest BCUT2D eigenvalue weighted by atomic mass is 10.0. The number of nitrogens with two attached hydrogens (primary N) is 1. The molecule has 0 aliphatic carbocycles. The van der Waals surface area contributed by atoms with Crippen LogP contribution in [0.1, 0.15) is 26.0 Å². The maximum atomic E-state index is 12.5. The van der Waals surface area contributed by atoms with Crippen molar-refractivity contribution in [3.8, 4) is 0 Å². The zero-order valence-corrected chi connectivity index (χ0v) is 15.6. The summed E-state index contributed by atoms with van der Waals surface area (Å²) in [6.07, 6.45) is 4.84. The molecule has 2 aromatic heterocycles. The first-order valence-electron chi connectivity index (χ1n) is 8.84. The molecule has 0 aromatic carbocycles. The Bertz CT molecular complexity index is 744. The lowest BCUT2D eigenvalue weighted by molar-refractivity contribution is -0.133. The topological polar surface area (TPSA) is 66.9 Å². The number of rotatable bonds is 4. The Morgan fingerprint density at radius 1 is 1.24 bits per heavy atom. The fraction of sp³-hybridized carbons (Fsp3) is 0.556. The fourth-order valence-corrected chi connectivity index (χ4v) is 3.34. The van der Waals surface area contributed by atoms with Gasteiger partial charge in [-0.25, -0.2) is 4.98 Å². The summed E-state index contributed by atoms with van der Waals surface area (Å²) < 4.78 is 1.95. The van der Waals surface area contributed by atoms with Crippen LogP contribution >= 0.6 is 11.6 Å². The van der Waals surface area contributed by atoms with Crippen LogP contribution in [-0.2, 0) is 11.3 Å². The number of fused-ring (bicyclic) bond motifs is 1. The van der Waals surface area contributed by atoms with Crippen LogP contribution in [0.25, 0.3) is 5.65 Å². The average molecular weight is 364 g/mol. The van der Waals surface area contributed by atoms with Gasteiger partial charge in [-0.2, -0.15) is 0 Å². The molecule has 2 aromatic rings. The Morgan fingerprint density at radius 3 is 2.80 bits per heavy atom. The van der Waals surface area contributed by atoms with Gasteiger partial charge in [0.1, 0.15) is 5.65 Å². The minimum Gasteiger partial charge on any atom is -0.340 e. The van der Waals surface area contributed by atoms with E-state index in [1.54, 1.807) is 0 Å². The first-order chi connectivity index (χ1) is 11.9. The van der Waals surface area contributed by atoms with E-state index in [2.05, 4.69) is 9.88 Å².